The quantitative estimate of drug-likeness (QED) is 0.454. The molecule has 21 heavy (non-hydrogen) atoms. The number of ether oxygens (including phenoxy) is 4. The Kier molecular flexibility index (Phi) is 5.24. The molecule has 0 saturated carbocycles. The fourth-order valence-electron chi connectivity index (χ4n) is 2.17. The van der Waals surface area contributed by atoms with Crippen molar-refractivity contribution in [3.05, 3.63) is 18.2 Å². The molecule has 7 nitrogen and oxygen atoms in total. The van der Waals surface area contributed by atoms with Crippen molar-refractivity contribution < 1.29 is 23.7 Å². The normalized spacial score (nSPS) is 20.9. The zero-order valence-electron chi connectivity index (χ0n) is 12.1. The van der Waals surface area contributed by atoms with E-state index >= 15 is 0 Å². The Balaban J connectivity index is 1.90. The second kappa shape index (κ2) is 7.14. The van der Waals surface area contributed by atoms with E-state index in [4.69, 9.17) is 24.8 Å². The molecule has 1 aromatic carbocycles. The lowest BCUT2D eigenvalue weighted by Crippen LogP contribution is -2.39. The van der Waals surface area contributed by atoms with Gasteiger partial charge in [-0.3, -0.25) is 10.2 Å². The molecular formula is C14H20N2O5. The van der Waals surface area contributed by atoms with Crippen molar-refractivity contribution in [1.29, 1.82) is 0 Å². The molecule has 0 aromatic heterocycles. The Hall–Kier alpha value is -1.99. The monoisotopic (exact) mass is 296 g/mol. The molecule has 1 saturated heterocycles. The average molecular weight is 296 g/mol. The van der Waals surface area contributed by atoms with Crippen LogP contribution in [0.15, 0.2) is 18.2 Å². The highest BCUT2D eigenvalue weighted by molar-refractivity contribution is 5.80. The molecule has 1 heterocycles. The van der Waals surface area contributed by atoms with Crippen LogP contribution in [0, 0.1) is 0 Å². The first-order valence-electron chi connectivity index (χ1n) is 6.68. The van der Waals surface area contributed by atoms with Gasteiger partial charge in [-0.25, -0.2) is 5.84 Å². The van der Waals surface area contributed by atoms with Crippen LogP contribution in [0.2, 0.25) is 0 Å². The fourth-order valence-corrected chi connectivity index (χ4v) is 2.17. The van der Waals surface area contributed by atoms with E-state index in [1.807, 2.05) is 0 Å². The first-order valence-corrected chi connectivity index (χ1v) is 6.68. The van der Waals surface area contributed by atoms with Crippen LogP contribution >= 0.6 is 0 Å². The first-order chi connectivity index (χ1) is 10.2. The summed E-state index contributed by atoms with van der Waals surface area (Å²) in [6.07, 6.45) is 0.755. The number of nitrogens with one attached hydrogen (secondary N) is 1. The number of hydrogen-bond acceptors (Lipinski definition) is 6. The molecule has 7 heteroatoms. The van der Waals surface area contributed by atoms with Crippen LogP contribution < -0.4 is 25.5 Å². The van der Waals surface area contributed by atoms with Crippen LogP contribution in [0.3, 0.4) is 0 Å². The zero-order chi connectivity index (χ0) is 15.2. The number of benzene rings is 1. The molecule has 0 radical (unpaired) electrons. The molecule has 1 aromatic rings. The summed E-state index contributed by atoms with van der Waals surface area (Å²) in [7, 11) is 3.16. The minimum absolute atomic E-state index is 0.135. The Morgan fingerprint density at radius 2 is 1.86 bits per heavy atom. The van der Waals surface area contributed by atoms with E-state index in [2.05, 4.69) is 5.43 Å². The molecule has 3 N–H and O–H groups in total. The third kappa shape index (κ3) is 3.99. The van der Waals surface area contributed by atoms with Crippen LogP contribution in [0.4, 0.5) is 0 Å². The highest BCUT2D eigenvalue weighted by Gasteiger charge is 2.30. The lowest BCUT2D eigenvalue weighted by atomic mass is 10.2. The Bertz CT molecular complexity index is 472. The number of hydrazine groups is 1. The third-order valence-electron chi connectivity index (χ3n) is 3.30. The number of nitrogens with two attached hydrogens (primary N) is 1. The van der Waals surface area contributed by atoms with Gasteiger partial charge in [-0.15, -0.1) is 0 Å². The van der Waals surface area contributed by atoms with Crippen molar-refractivity contribution in [2.45, 2.75) is 25.0 Å². The molecule has 0 spiro atoms. The molecule has 2 unspecified atom stereocenters. The van der Waals surface area contributed by atoms with E-state index in [9.17, 15) is 4.79 Å². The molecule has 1 aliphatic heterocycles. The minimum atomic E-state index is -0.497. The molecule has 0 bridgehead atoms. The lowest BCUT2D eigenvalue weighted by Gasteiger charge is -2.15. The van der Waals surface area contributed by atoms with Gasteiger partial charge in [0.15, 0.2) is 0 Å². The van der Waals surface area contributed by atoms with Gasteiger partial charge in [0.25, 0.3) is 5.91 Å². The second-order valence-corrected chi connectivity index (χ2v) is 4.69. The maximum Gasteiger partial charge on any atom is 0.263 e. The molecule has 1 aliphatic rings. The predicted molar refractivity (Wildman–Crippen MR) is 75.3 cm³/mol. The van der Waals surface area contributed by atoms with Crippen molar-refractivity contribution in [3.8, 4) is 17.2 Å². The molecular weight excluding hydrogens is 276 g/mol. The number of amides is 1. The van der Waals surface area contributed by atoms with Crippen LogP contribution in [-0.4, -0.2) is 38.9 Å². The zero-order valence-corrected chi connectivity index (χ0v) is 12.1. The molecule has 0 aliphatic carbocycles. The molecule has 1 fully saturated rings. The molecule has 116 valence electrons. The fraction of sp³-hybridized carbons (Fsp3) is 0.500. The summed E-state index contributed by atoms with van der Waals surface area (Å²) in [6.45, 7) is 0.352. The SMILES string of the molecule is COc1cc(OC)cc(OCC2CCC(C(=O)NN)O2)c1. The van der Waals surface area contributed by atoms with Crippen molar-refractivity contribution in [1.82, 2.24) is 5.43 Å². The van der Waals surface area contributed by atoms with Crippen molar-refractivity contribution >= 4 is 5.91 Å². The Labute approximate surface area is 123 Å². The van der Waals surface area contributed by atoms with Crippen molar-refractivity contribution in [2.24, 2.45) is 5.84 Å². The summed E-state index contributed by atoms with van der Waals surface area (Å²) in [6, 6.07) is 5.30. The average Bonchev–Trinajstić information content (AvgIpc) is 3.00. The smallest absolute Gasteiger partial charge is 0.263 e. The Morgan fingerprint density at radius 1 is 1.24 bits per heavy atom. The van der Waals surface area contributed by atoms with E-state index in [1.54, 1.807) is 32.4 Å². The molecule has 2 atom stereocenters. The van der Waals surface area contributed by atoms with Gasteiger partial charge in [-0.2, -0.15) is 0 Å². The lowest BCUT2D eigenvalue weighted by molar-refractivity contribution is -0.132. The molecule has 2 rings (SSSR count). The van der Waals surface area contributed by atoms with Gasteiger partial charge < -0.3 is 18.9 Å². The summed E-state index contributed by atoms with van der Waals surface area (Å²) in [4.78, 5) is 11.4. The standard InChI is InChI=1S/C14H20N2O5/c1-18-10-5-11(19-2)7-12(6-10)20-8-9-3-4-13(21-9)14(17)16-15/h5-7,9,13H,3-4,8,15H2,1-2H3,(H,16,17). The van der Waals surface area contributed by atoms with Crippen molar-refractivity contribution in [3.63, 3.8) is 0 Å². The second-order valence-electron chi connectivity index (χ2n) is 4.69. The van der Waals surface area contributed by atoms with Gasteiger partial charge in [0.1, 0.15) is 30.0 Å². The number of methoxy groups -OCH3 is 2. The van der Waals surface area contributed by atoms with E-state index in [0.717, 1.165) is 6.42 Å². The van der Waals surface area contributed by atoms with Gasteiger partial charge in [-0.1, -0.05) is 0 Å². The third-order valence-corrected chi connectivity index (χ3v) is 3.30. The maximum absolute atomic E-state index is 11.4. The van der Waals surface area contributed by atoms with Gasteiger partial charge in [0.05, 0.1) is 20.3 Å². The number of carbonyl (C=O) groups excluding carboxylic acids is 1. The predicted octanol–water partition coefficient (Wildman–Crippen LogP) is 0.620. The van der Waals surface area contributed by atoms with Crippen LogP contribution in [0.5, 0.6) is 17.2 Å². The number of hydrogen-bond donors (Lipinski definition) is 2. The van der Waals surface area contributed by atoms with E-state index in [-0.39, 0.29) is 12.0 Å². The van der Waals surface area contributed by atoms with Crippen molar-refractivity contribution in [2.75, 3.05) is 20.8 Å². The summed E-state index contributed by atoms with van der Waals surface area (Å²) >= 11 is 0. The van der Waals surface area contributed by atoms with E-state index < -0.39 is 6.10 Å². The van der Waals surface area contributed by atoms with Gasteiger partial charge in [0.2, 0.25) is 0 Å². The number of carbonyl (C=O) groups is 1. The summed E-state index contributed by atoms with van der Waals surface area (Å²) < 4.78 is 21.6. The topological polar surface area (TPSA) is 92.0 Å². The van der Waals surface area contributed by atoms with Crippen LogP contribution in [0.1, 0.15) is 12.8 Å². The first kappa shape index (κ1) is 15.4. The highest BCUT2D eigenvalue weighted by atomic mass is 16.5. The maximum atomic E-state index is 11.4. The van der Waals surface area contributed by atoms with Gasteiger partial charge in [-0.05, 0) is 12.8 Å². The summed E-state index contributed by atoms with van der Waals surface area (Å²) in [5.74, 6) is 6.71. The van der Waals surface area contributed by atoms with Gasteiger partial charge in [0, 0.05) is 18.2 Å². The molecule has 1 amide bonds. The Morgan fingerprint density at radius 3 is 2.43 bits per heavy atom. The van der Waals surface area contributed by atoms with Gasteiger partial charge >= 0.3 is 0 Å². The van der Waals surface area contributed by atoms with E-state index in [1.165, 1.54) is 0 Å². The minimum Gasteiger partial charge on any atom is -0.496 e. The van der Waals surface area contributed by atoms with Crippen LogP contribution in [0.25, 0.3) is 0 Å². The van der Waals surface area contributed by atoms with Crippen LogP contribution in [-0.2, 0) is 9.53 Å². The highest BCUT2D eigenvalue weighted by Crippen LogP contribution is 2.28. The summed E-state index contributed by atoms with van der Waals surface area (Å²) in [5.41, 5.74) is 2.09. The number of rotatable bonds is 6. The van der Waals surface area contributed by atoms with E-state index in [0.29, 0.717) is 30.3 Å². The largest absolute Gasteiger partial charge is 0.496 e. The summed E-state index contributed by atoms with van der Waals surface area (Å²) in [5, 5.41) is 0.